The lowest BCUT2D eigenvalue weighted by atomic mass is 9.64. The number of para-hydroxylation sites is 1. The first-order valence-electron chi connectivity index (χ1n) is 19.5. The van der Waals surface area contributed by atoms with Gasteiger partial charge in [-0.2, -0.15) is 0 Å². The highest BCUT2D eigenvalue weighted by atomic mass is 32.1. The molecule has 8 nitrogen and oxygen atoms in total. The number of fused-ring (bicyclic) bond motifs is 9. The Labute approximate surface area is 333 Å². The summed E-state index contributed by atoms with van der Waals surface area (Å²) in [6.45, 7) is 4.49. The molecule has 0 radical (unpaired) electrons. The van der Waals surface area contributed by atoms with Crippen molar-refractivity contribution >= 4 is 38.9 Å². The molecular weight excluding hydrogens is 721 g/mol. The minimum Gasteiger partial charge on any atom is -0.497 e. The molecule has 4 atom stereocenters. The van der Waals surface area contributed by atoms with Gasteiger partial charge in [0, 0.05) is 33.0 Å². The first-order valence-corrected chi connectivity index (χ1v) is 20.4. The molecule has 2 amide bonds. The maximum absolute atomic E-state index is 14.7. The van der Waals surface area contributed by atoms with Crippen molar-refractivity contribution < 1.29 is 29.3 Å². The van der Waals surface area contributed by atoms with Crippen molar-refractivity contribution in [1.29, 1.82) is 0 Å². The first kappa shape index (κ1) is 39.3. The standard InChI is InChI=1S/C47H52N2O6S/c1-31-11-10-23-46(2)40(38-21-17-32(25-36(50)19-16-31)26-39(38)44(51)43-27-33-12-8-9-15-42(33)56-43)22-24-47(46,53)30-49(45(52)48-35-13-6-5-7-14-35)29-34-18-20-37(54-3)28-41(34)55-4/h5-9,11-15,17-18,20-21,26-28,36,40,50,53H,10,16,19,22-25,29-30H2,1-4H3,(H,48,52)/t36-,40-,46-,47+/m0/s1. The Hall–Kier alpha value is -4.96. The Kier molecular flexibility index (Phi) is 11.7. The molecule has 292 valence electrons. The van der Waals surface area contributed by atoms with E-state index in [2.05, 4.69) is 31.3 Å². The van der Waals surface area contributed by atoms with E-state index in [1.807, 2.05) is 84.9 Å². The van der Waals surface area contributed by atoms with Gasteiger partial charge in [-0.25, -0.2) is 4.79 Å². The SMILES string of the molecule is COc1ccc(CN(C[C@]2(O)CC[C@H]3c4ccc(cc4C(=O)c4cc5ccccc5s4)C[C@@H](O)CCC(C)=CCC[C@@]32C)C(=O)Nc2ccccc2)c(OC)c1. The number of amides is 2. The molecular formula is C47H52N2O6S. The Morgan fingerprint density at radius 3 is 2.48 bits per heavy atom. The summed E-state index contributed by atoms with van der Waals surface area (Å²) in [6, 6.07) is 30.6. The van der Waals surface area contributed by atoms with Crippen molar-refractivity contribution in [3.8, 4) is 11.5 Å². The molecule has 3 N–H and O–H groups in total. The van der Waals surface area contributed by atoms with Crippen LogP contribution >= 0.6 is 11.3 Å². The van der Waals surface area contributed by atoms with Crippen molar-refractivity contribution in [3.05, 3.63) is 136 Å². The molecule has 8 rings (SSSR count). The number of allylic oxidation sites excluding steroid dienone is 2. The van der Waals surface area contributed by atoms with Gasteiger partial charge in [0.15, 0.2) is 0 Å². The summed E-state index contributed by atoms with van der Waals surface area (Å²) in [5, 5.41) is 28.4. The van der Waals surface area contributed by atoms with Crippen molar-refractivity contribution in [2.24, 2.45) is 5.41 Å². The summed E-state index contributed by atoms with van der Waals surface area (Å²) in [6.07, 6.45) is 5.93. The number of aliphatic hydroxyl groups excluding tert-OH is 1. The quantitative estimate of drug-likeness (QED) is 0.102. The molecule has 1 saturated carbocycles. The van der Waals surface area contributed by atoms with Gasteiger partial charge in [0.2, 0.25) is 5.78 Å². The van der Waals surface area contributed by atoms with E-state index in [0.29, 0.717) is 66.2 Å². The van der Waals surface area contributed by atoms with Crippen LogP contribution in [0.4, 0.5) is 10.5 Å². The molecule has 2 bridgehead atoms. The summed E-state index contributed by atoms with van der Waals surface area (Å²) in [4.78, 5) is 31.4. The number of carbonyl (C=O) groups is 2. The highest BCUT2D eigenvalue weighted by Crippen LogP contribution is 2.59. The normalized spacial score (nSPS) is 22.5. The number of nitrogens with one attached hydrogen (secondary N) is 1. The molecule has 0 aliphatic heterocycles. The lowest BCUT2D eigenvalue weighted by Crippen LogP contribution is -2.54. The molecule has 3 aliphatic carbocycles. The number of methoxy groups -OCH3 is 2. The fourth-order valence-electron chi connectivity index (χ4n) is 8.85. The van der Waals surface area contributed by atoms with E-state index < -0.39 is 17.1 Å². The molecule has 0 spiro atoms. The third-order valence-electron chi connectivity index (χ3n) is 12.2. The maximum Gasteiger partial charge on any atom is 0.322 e. The van der Waals surface area contributed by atoms with E-state index in [4.69, 9.17) is 9.47 Å². The minimum atomic E-state index is -1.32. The van der Waals surface area contributed by atoms with Crippen LogP contribution < -0.4 is 14.8 Å². The zero-order valence-corrected chi connectivity index (χ0v) is 33.5. The van der Waals surface area contributed by atoms with Gasteiger partial charge in [-0.1, -0.05) is 67.1 Å². The van der Waals surface area contributed by atoms with Crippen LogP contribution in [0.2, 0.25) is 0 Å². The number of nitrogens with zero attached hydrogens (tertiary/aromatic N) is 1. The number of carbonyl (C=O) groups excluding carboxylic acids is 2. The van der Waals surface area contributed by atoms with Gasteiger partial charge in [0.05, 0.1) is 43.9 Å². The number of thiophene rings is 1. The molecule has 5 aromatic rings. The van der Waals surface area contributed by atoms with Gasteiger partial charge in [-0.3, -0.25) is 4.79 Å². The van der Waals surface area contributed by atoms with Crippen LogP contribution in [0, 0.1) is 5.41 Å². The fraction of sp³-hybridized carbons (Fsp3) is 0.362. The summed E-state index contributed by atoms with van der Waals surface area (Å²) < 4.78 is 12.3. The van der Waals surface area contributed by atoms with Crippen LogP contribution in [0.5, 0.6) is 11.5 Å². The van der Waals surface area contributed by atoms with E-state index in [-0.39, 0.29) is 30.8 Å². The van der Waals surface area contributed by atoms with E-state index in [0.717, 1.165) is 33.2 Å². The number of ether oxygens (including phenoxy) is 2. The van der Waals surface area contributed by atoms with Crippen molar-refractivity contribution in [2.45, 2.75) is 83.0 Å². The number of hydrogen-bond acceptors (Lipinski definition) is 7. The number of urea groups is 1. The topological polar surface area (TPSA) is 108 Å². The van der Waals surface area contributed by atoms with Gasteiger partial charge < -0.3 is 29.9 Å². The van der Waals surface area contributed by atoms with Crippen LogP contribution in [0.1, 0.15) is 90.2 Å². The molecule has 1 heterocycles. The molecule has 1 aromatic heterocycles. The van der Waals surface area contributed by atoms with E-state index in [1.165, 1.54) is 16.9 Å². The largest absolute Gasteiger partial charge is 0.497 e. The molecule has 3 aliphatic rings. The molecule has 0 unspecified atom stereocenters. The van der Waals surface area contributed by atoms with E-state index in [9.17, 15) is 19.8 Å². The summed E-state index contributed by atoms with van der Waals surface area (Å²) >= 11 is 1.49. The number of hydrogen-bond donors (Lipinski definition) is 3. The van der Waals surface area contributed by atoms with E-state index >= 15 is 0 Å². The predicted molar refractivity (Wildman–Crippen MR) is 224 cm³/mol. The van der Waals surface area contributed by atoms with Gasteiger partial charge in [-0.05, 0) is 117 Å². The zero-order valence-electron chi connectivity index (χ0n) is 32.7. The maximum atomic E-state index is 14.7. The second-order valence-corrected chi connectivity index (χ2v) is 16.8. The summed E-state index contributed by atoms with van der Waals surface area (Å²) in [5.41, 5.74) is 3.00. The van der Waals surface area contributed by atoms with Crippen molar-refractivity contribution in [1.82, 2.24) is 4.90 Å². The van der Waals surface area contributed by atoms with Gasteiger partial charge in [0.1, 0.15) is 11.5 Å². The monoisotopic (exact) mass is 772 g/mol. The first-order chi connectivity index (χ1) is 27.0. The molecule has 0 saturated heterocycles. The Bertz CT molecular complexity index is 2200. The average Bonchev–Trinajstić information content (AvgIpc) is 3.75. The highest BCUT2D eigenvalue weighted by molar-refractivity contribution is 7.21. The Morgan fingerprint density at radius 1 is 0.929 bits per heavy atom. The number of aliphatic hydroxyl groups is 2. The van der Waals surface area contributed by atoms with Crippen LogP contribution in [0.3, 0.4) is 0 Å². The van der Waals surface area contributed by atoms with E-state index in [1.54, 1.807) is 25.2 Å². The molecule has 9 heteroatoms. The van der Waals surface area contributed by atoms with Crippen LogP contribution in [-0.2, 0) is 13.0 Å². The number of ketones is 1. The third kappa shape index (κ3) is 8.12. The molecule has 1 fully saturated rings. The lowest BCUT2D eigenvalue weighted by molar-refractivity contribution is -0.0773. The minimum absolute atomic E-state index is 0.0476. The highest BCUT2D eigenvalue weighted by Gasteiger charge is 2.57. The zero-order chi connectivity index (χ0) is 39.5. The smallest absolute Gasteiger partial charge is 0.322 e. The second kappa shape index (κ2) is 16.6. The van der Waals surface area contributed by atoms with Crippen molar-refractivity contribution in [3.63, 3.8) is 0 Å². The average molecular weight is 773 g/mol. The summed E-state index contributed by atoms with van der Waals surface area (Å²) in [7, 11) is 3.19. The Balaban J connectivity index is 1.31. The van der Waals surface area contributed by atoms with Gasteiger partial charge in [0.25, 0.3) is 0 Å². The molecule has 56 heavy (non-hydrogen) atoms. The van der Waals surface area contributed by atoms with Crippen LogP contribution in [0.25, 0.3) is 10.1 Å². The number of anilines is 1. The predicted octanol–water partition coefficient (Wildman–Crippen LogP) is 9.92. The van der Waals surface area contributed by atoms with Gasteiger partial charge in [-0.15, -0.1) is 11.3 Å². The summed E-state index contributed by atoms with van der Waals surface area (Å²) in [5.74, 6) is 0.984. The second-order valence-electron chi connectivity index (χ2n) is 15.8. The lowest BCUT2D eigenvalue weighted by Gasteiger charge is -2.46. The Morgan fingerprint density at radius 2 is 1.71 bits per heavy atom. The van der Waals surface area contributed by atoms with Crippen LogP contribution in [-0.4, -0.2) is 59.4 Å². The van der Waals surface area contributed by atoms with Gasteiger partial charge >= 0.3 is 6.03 Å². The third-order valence-corrected chi connectivity index (χ3v) is 13.3. The van der Waals surface area contributed by atoms with Crippen LogP contribution in [0.15, 0.2) is 109 Å². The fourth-order valence-corrected chi connectivity index (χ4v) is 9.87. The molecule has 4 aromatic carbocycles. The van der Waals surface area contributed by atoms with Crippen molar-refractivity contribution in [2.75, 3.05) is 26.1 Å². The number of benzene rings is 4. The number of rotatable bonds is 9.